The first kappa shape index (κ1) is 15.4. The number of hydrogen-bond acceptors (Lipinski definition) is 4. The largest absolute Gasteiger partial charge is 0.480 e. The molecule has 0 radical (unpaired) electrons. The first-order valence-electron chi connectivity index (χ1n) is 5.40. The quantitative estimate of drug-likeness (QED) is 0.443. The Morgan fingerprint density at radius 1 is 1.24 bits per heavy atom. The van der Waals surface area contributed by atoms with E-state index in [2.05, 4.69) is 10.6 Å². The van der Waals surface area contributed by atoms with Crippen LogP contribution in [0.15, 0.2) is 0 Å². The number of amides is 2. The van der Waals surface area contributed by atoms with Gasteiger partial charge in [-0.3, -0.25) is 14.4 Å². The predicted octanol–water partition coefficient (Wildman–Crippen LogP) is -1.32. The summed E-state index contributed by atoms with van der Waals surface area (Å²) in [5.74, 6) is -2.08. The van der Waals surface area contributed by atoms with Gasteiger partial charge in [-0.25, -0.2) is 0 Å². The van der Waals surface area contributed by atoms with E-state index in [0.29, 0.717) is 0 Å². The number of aliphatic carboxylic acids is 1. The van der Waals surface area contributed by atoms with Crippen molar-refractivity contribution in [3.8, 4) is 0 Å². The maximum Gasteiger partial charge on any atom is 0.322 e. The van der Waals surface area contributed by atoms with Gasteiger partial charge in [0, 0.05) is 0 Å². The molecule has 7 nitrogen and oxygen atoms in total. The lowest BCUT2D eigenvalue weighted by atomic mass is 9.99. The first-order valence-corrected chi connectivity index (χ1v) is 5.40. The average molecular weight is 245 g/mol. The average Bonchev–Trinajstić information content (AvgIpc) is 2.31. The fourth-order valence-electron chi connectivity index (χ4n) is 1.03. The minimum Gasteiger partial charge on any atom is -0.480 e. The number of nitrogens with one attached hydrogen (secondary N) is 2. The lowest BCUT2D eigenvalue weighted by Gasteiger charge is -2.17. The molecule has 0 fully saturated rings. The van der Waals surface area contributed by atoms with Gasteiger partial charge in [0.1, 0.15) is 6.54 Å². The van der Waals surface area contributed by atoms with Crippen LogP contribution in [-0.4, -0.2) is 42.0 Å². The van der Waals surface area contributed by atoms with Crippen LogP contribution in [0.2, 0.25) is 0 Å². The Morgan fingerprint density at radius 2 is 1.82 bits per heavy atom. The van der Waals surface area contributed by atoms with Crippen molar-refractivity contribution in [3.05, 3.63) is 0 Å². The maximum atomic E-state index is 11.5. The summed E-state index contributed by atoms with van der Waals surface area (Å²) in [7, 11) is 0. The van der Waals surface area contributed by atoms with Crippen LogP contribution in [0.4, 0.5) is 0 Å². The highest BCUT2D eigenvalue weighted by Gasteiger charge is 2.19. The molecular weight excluding hydrogens is 226 g/mol. The zero-order valence-electron chi connectivity index (χ0n) is 10.0. The van der Waals surface area contributed by atoms with E-state index in [1.54, 1.807) is 0 Å². The van der Waals surface area contributed by atoms with Gasteiger partial charge in [0.2, 0.25) is 11.8 Å². The molecule has 0 aliphatic heterocycles. The van der Waals surface area contributed by atoms with Gasteiger partial charge in [-0.2, -0.15) is 0 Å². The minimum absolute atomic E-state index is 0.0251. The second-order valence-electron chi connectivity index (χ2n) is 3.80. The van der Waals surface area contributed by atoms with E-state index in [4.69, 9.17) is 10.8 Å². The summed E-state index contributed by atoms with van der Waals surface area (Å²) in [6, 6.07) is -0.660. The summed E-state index contributed by atoms with van der Waals surface area (Å²) < 4.78 is 0. The normalized spacial score (nSPS) is 13.6. The van der Waals surface area contributed by atoms with Crippen LogP contribution in [0.1, 0.15) is 20.3 Å². The highest BCUT2D eigenvalue weighted by atomic mass is 16.4. The van der Waals surface area contributed by atoms with Crippen LogP contribution in [0.5, 0.6) is 0 Å². The highest BCUT2D eigenvalue weighted by molar-refractivity contribution is 5.88. The monoisotopic (exact) mass is 245 g/mol. The molecule has 0 saturated carbocycles. The summed E-state index contributed by atoms with van der Waals surface area (Å²) in [6.45, 7) is 3.02. The van der Waals surface area contributed by atoms with Crippen LogP contribution < -0.4 is 16.4 Å². The molecule has 0 saturated heterocycles. The van der Waals surface area contributed by atoms with Crippen molar-refractivity contribution < 1.29 is 19.5 Å². The molecule has 0 aliphatic rings. The van der Waals surface area contributed by atoms with Crippen molar-refractivity contribution in [1.82, 2.24) is 10.6 Å². The fourth-order valence-corrected chi connectivity index (χ4v) is 1.03. The number of hydrogen-bond donors (Lipinski definition) is 4. The zero-order valence-corrected chi connectivity index (χ0v) is 10.0. The molecule has 5 N–H and O–H groups in total. The van der Waals surface area contributed by atoms with Gasteiger partial charge in [-0.1, -0.05) is 20.3 Å². The van der Waals surface area contributed by atoms with Gasteiger partial charge in [0.25, 0.3) is 0 Å². The summed E-state index contributed by atoms with van der Waals surface area (Å²) in [5, 5.41) is 12.8. The number of carbonyl (C=O) groups is 3. The lowest BCUT2D eigenvalue weighted by Crippen LogP contribution is -2.48. The molecule has 0 rings (SSSR count). The Morgan fingerprint density at radius 3 is 2.29 bits per heavy atom. The lowest BCUT2D eigenvalue weighted by molar-refractivity contribution is -0.137. The standard InChI is InChI=1S/C10H19N3O4/c1-3-6(2)9(11)10(17)13-4-7(14)12-5-8(15)16/h6,9H,3-5,11H2,1-2H3,(H,12,14)(H,13,17)(H,15,16)/t6-,9+/m0/s1. The Bertz CT molecular complexity index is 293. The van der Waals surface area contributed by atoms with Crippen molar-refractivity contribution in [3.63, 3.8) is 0 Å². The molecule has 0 bridgehead atoms. The van der Waals surface area contributed by atoms with E-state index in [0.717, 1.165) is 6.42 Å². The van der Waals surface area contributed by atoms with Crippen LogP contribution in [0, 0.1) is 5.92 Å². The third-order valence-corrected chi connectivity index (χ3v) is 2.42. The molecule has 0 aromatic carbocycles. The van der Waals surface area contributed by atoms with Crippen molar-refractivity contribution in [2.45, 2.75) is 26.3 Å². The third-order valence-electron chi connectivity index (χ3n) is 2.42. The fraction of sp³-hybridized carbons (Fsp3) is 0.700. The SMILES string of the molecule is CC[C@H](C)[C@@H](N)C(=O)NCC(=O)NCC(=O)O. The zero-order chi connectivity index (χ0) is 13.4. The Balaban J connectivity index is 3.91. The van der Waals surface area contributed by atoms with Crippen molar-refractivity contribution in [1.29, 1.82) is 0 Å². The molecular formula is C10H19N3O4. The van der Waals surface area contributed by atoms with Gasteiger partial charge < -0.3 is 21.5 Å². The van der Waals surface area contributed by atoms with E-state index in [1.165, 1.54) is 0 Å². The van der Waals surface area contributed by atoms with E-state index in [-0.39, 0.29) is 12.5 Å². The number of rotatable bonds is 7. The maximum absolute atomic E-state index is 11.5. The Hall–Kier alpha value is -1.63. The smallest absolute Gasteiger partial charge is 0.322 e. The second kappa shape index (κ2) is 7.61. The molecule has 0 unspecified atom stereocenters. The Labute approximate surface area is 99.7 Å². The molecule has 7 heteroatoms. The molecule has 0 spiro atoms. The molecule has 2 amide bonds. The molecule has 0 aromatic heterocycles. The van der Waals surface area contributed by atoms with Crippen molar-refractivity contribution in [2.75, 3.05) is 13.1 Å². The van der Waals surface area contributed by atoms with Crippen molar-refractivity contribution in [2.24, 2.45) is 11.7 Å². The summed E-state index contributed by atoms with van der Waals surface area (Å²) in [4.78, 5) is 32.7. The van der Waals surface area contributed by atoms with Crippen molar-refractivity contribution >= 4 is 17.8 Å². The van der Waals surface area contributed by atoms with Crippen LogP contribution >= 0.6 is 0 Å². The van der Waals surface area contributed by atoms with Gasteiger partial charge in [-0.05, 0) is 5.92 Å². The second-order valence-corrected chi connectivity index (χ2v) is 3.80. The third kappa shape index (κ3) is 6.52. The Kier molecular flexibility index (Phi) is 6.88. The van der Waals surface area contributed by atoms with Gasteiger partial charge >= 0.3 is 5.97 Å². The minimum atomic E-state index is -1.14. The van der Waals surface area contributed by atoms with Crippen LogP contribution in [0.3, 0.4) is 0 Å². The summed E-state index contributed by atoms with van der Waals surface area (Å²) >= 11 is 0. The molecule has 0 aliphatic carbocycles. The van der Waals surface area contributed by atoms with E-state index >= 15 is 0 Å². The van der Waals surface area contributed by atoms with E-state index in [1.807, 2.05) is 13.8 Å². The van der Waals surface area contributed by atoms with E-state index < -0.39 is 30.4 Å². The van der Waals surface area contributed by atoms with Crippen LogP contribution in [0.25, 0.3) is 0 Å². The molecule has 0 heterocycles. The van der Waals surface area contributed by atoms with Crippen LogP contribution in [-0.2, 0) is 14.4 Å². The number of carboxylic acids is 1. The predicted molar refractivity (Wildman–Crippen MR) is 61.1 cm³/mol. The number of nitrogens with two attached hydrogens (primary N) is 1. The molecule has 98 valence electrons. The molecule has 17 heavy (non-hydrogen) atoms. The highest BCUT2D eigenvalue weighted by Crippen LogP contribution is 2.04. The topological polar surface area (TPSA) is 122 Å². The van der Waals surface area contributed by atoms with Gasteiger partial charge in [-0.15, -0.1) is 0 Å². The number of carbonyl (C=O) groups excluding carboxylic acids is 2. The molecule has 0 aromatic rings. The number of carboxylic acid groups (broad SMARTS) is 1. The summed E-state index contributed by atoms with van der Waals surface area (Å²) in [6.07, 6.45) is 0.764. The first-order chi connectivity index (χ1) is 7.88. The summed E-state index contributed by atoms with van der Waals surface area (Å²) in [5.41, 5.74) is 5.64. The molecule has 2 atom stereocenters. The van der Waals surface area contributed by atoms with E-state index in [9.17, 15) is 14.4 Å². The van der Waals surface area contributed by atoms with Gasteiger partial charge in [0.05, 0.1) is 12.6 Å². The van der Waals surface area contributed by atoms with Gasteiger partial charge in [0.15, 0.2) is 0 Å².